The summed E-state index contributed by atoms with van der Waals surface area (Å²) < 4.78 is 5.85. The van der Waals surface area contributed by atoms with E-state index in [0.717, 1.165) is 18.4 Å². The zero-order valence-corrected chi connectivity index (χ0v) is 17.0. The van der Waals surface area contributed by atoms with Crippen molar-refractivity contribution >= 4 is 23.2 Å². The normalized spacial score (nSPS) is 30.4. The van der Waals surface area contributed by atoms with Crippen LogP contribution in [0.4, 0.5) is 0 Å². The molecule has 160 valence electrons. The van der Waals surface area contributed by atoms with Crippen LogP contribution in [0.5, 0.6) is 5.75 Å². The van der Waals surface area contributed by atoms with Crippen molar-refractivity contribution in [2.45, 2.75) is 45.1 Å². The maximum absolute atomic E-state index is 13.4. The lowest BCUT2D eigenvalue weighted by Gasteiger charge is -2.43. The van der Waals surface area contributed by atoms with Crippen LogP contribution in [0.15, 0.2) is 23.8 Å². The first-order chi connectivity index (χ1) is 14.3. The number of allylic oxidation sites excluding steroid dienone is 1. The number of amides is 1. The summed E-state index contributed by atoms with van der Waals surface area (Å²) in [5.74, 6) is -4.62. The van der Waals surface area contributed by atoms with Crippen molar-refractivity contribution in [1.29, 1.82) is 0 Å². The van der Waals surface area contributed by atoms with E-state index in [4.69, 9.17) is 10.5 Å². The van der Waals surface area contributed by atoms with Gasteiger partial charge in [-0.25, -0.2) is 0 Å². The quantitative estimate of drug-likeness (QED) is 0.500. The number of primary amides is 1. The van der Waals surface area contributed by atoms with Gasteiger partial charge < -0.3 is 20.7 Å². The number of Topliss-reactive ketones (excluding diaryl/α,β-unsaturated/α-hetero) is 2. The highest BCUT2D eigenvalue weighted by Crippen LogP contribution is 2.49. The number of benzene rings is 1. The Morgan fingerprint density at radius 3 is 2.73 bits per heavy atom. The lowest BCUT2D eigenvalue weighted by Crippen LogP contribution is -2.54. The van der Waals surface area contributed by atoms with Crippen LogP contribution in [0.3, 0.4) is 0 Å². The molecule has 0 radical (unpaired) electrons. The molecular formula is C23H27NO6. The fourth-order valence-electron chi connectivity index (χ4n) is 5.31. The number of nitrogens with two attached hydrogens (primary N) is 1. The van der Waals surface area contributed by atoms with Crippen molar-refractivity contribution in [3.63, 3.8) is 0 Å². The molecule has 0 spiro atoms. The van der Waals surface area contributed by atoms with Gasteiger partial charge in [0.05, 0.1) is 24.2 Å². The van der Waals surface area contributed by atoms with Crippen molar-refractivity contribution in [1.82, 2.24) is 0 Å². The van der Waals surface area contributed by atoms with E-state index in [1.54, 1.807) is 6.07 Å². The minimum Gasteiger partial charge on any atom is -0.507 e. The monoisotopic (exact) mass is 413 g/mol. The molecule has 1 amide bonds. The molecule has 0 saturated heterocycles. The maximum Gasteiger partial charge on any atom is 0.230 e. The Hall–Kier alpha value is -2.67. The van der Waals surface area contributed by atoms with Crippen LogP contribution in [0.1, 0.15) is 43.7 Å². The lowest BCUT2D eigenvalue weighted by molar-refractivity contribution is -0.150. The first-order valence-corrected chi connectivity index (χ1v) is 10.6. The lowest BCUT2D eigenvalue weighted by atomic mass is 9.59. The van der Waals surface area contributed by atoms with E-state index in [-0.39, 0.29) is 29.6 Å². The van der Waals surface area contributed by atoms with Crippen LogP contribution in [0, 0.1) is 23.7 Å². The molecule has 4 rings (SSSR count). The van der Waals surface area contributed by atoms with E-state index in [1.165, 1.54) is 0 Å². The third kappa shape index (κ3) is 3.21. The number of rotatable bonds is 5. The number of aliphatic hydroxyl groups is 2. The van der Waals surface area contributed by atoms with Gasteiger partial charge in [-0.15, -0.1) is 0 Å². The van der Waals surface area contributed by atoms with E-state index in [0.29, 0.717) is 30.8 Å². The minimum atomic E-state index is -1.38. The van der Waals surface area contributed by atoms with Gasteiger partial charge >= 0.3 is 0 Å². The third-order valence-corrected chi connectivity index (χ3v) is 6.69. The maximum atomic E-state index is 13.4. The number of carbonyl (C=O) groups is 3. The van der Waals surface area contributed by atoms with Crippen molar-refractivity contribution in [3.05, 3.63) is 34.9 Å². The molecular weight excluding hydrogens is 386 g/mol. The fourth-order valence-corrected chi connectivity index (χ4v) is 5.31. The number of ketones is 2. The standard InChI is InChI=1S/C23H27NO6/c1-2-3-7-30-15-6-4-5-11-8-12-9-13-10-14(25)19(23(24)29)22(28)18(13)21(27)17(12)20(26)16(11)15/h4-6,12-14,18-19,25-26H,2-3,7-10H2,1H3,(H2,24,29)/t12?,13-,14?,18?,19?/m0/s1. The largest absolute Gasteiger partial charge is 0.507 e. The number of aliphatic hydroxyl groups excluding tert-OH is 2. The Bertz CT molecular complexity index is 936. The molecule has 4 unspecified atom stereocenters. The predicted molar refractivity (Wildman–Crippen MR) is 109 cm³/mol. The summed E-state index contributed by atoms with van der Waals surface area (Å²) in [5.41, 5.74) is 6.96. The van der Waals surface area contributed by atoms with Crippen molar-refractivity contribution in [3.8, 4) is 5.75 Å². The second-order valence-electron chi connectivity index (χ2n) is 8.58. The molecule has 3 aliphatic carbocycles. The summed E-state index contributed by atoms with van der Waals surface area (Å²) in [5, 5.41) is 21.4. The SMILES string of the molecule is CCCCOc1cccc2c1C(O)=C1C(=O)C3C(=O)C(C(N)=O)C(O)C[C@@H]3CC1C2. The molecule has 0 aromatic heterocycles. The number of carbonyl (C=O) groups excluding carboxylic acids is 3. The predicted octanol–water partition coefficient (Wildman–Crippen LogP) is 1.95. The fraction of sp³-hybridized carbons (Fsp3) is 0.522. The molecule has 3 aliphatic rings. The highest BCUT2D eigenvalue weighted by Gasteiger charge is 2.54. The smallest absolute Gasteiger partial charge is 0.230 e. The summed E-state index contributed by atoms with van der Waals surface area (Å²) in [6.45, 7) is 2.57. The van der Waals surface area contributed by atoms with Gasteiger partial charge in [-0.2, -0.15) is 0 Å². The van der Waals surface area contributed by atoms with Gasteiger partial charge in [0.15, 0.2) is 11.6 Å². The van der Waals surface area contributed by atoms with Crippen molar-refractivity contribution < 1.29 is 29.3 Å². The summed E-state index contributed by atoms with van der Waals surface area (Å²) in [6, 6.07) is 5.56. The Balaban J connectivity index is 1.73. The molecule has 0 aliphatic heterocycles. The molecule has 1 aromatic carbocycles. The number of hydrogen-bond acceptors (Lipinski definition) is 6. The van der Waals surface area contributed by atoms with Crippen LogP contribution >= 0.6 is 0 Å². The highest BCUT2D eigenvalue weighted by molar-refractivity contribution is 6.19. The van der Waals surface area contributed by atoms with Gasteiger partial charge in [-0.1, -0.05) is 25.5 Å². The molecule has 0 heterocycles. The second-order valence-corrected chi connectivity index (χ2v) is 8.58. The molecule has 7 heteroatoms. The number of hydrogen-bond donors (Lipinski definition) is 3. The number of ether oxygens (including phenoxy) is 1. The van der Waals surface area contributed by atoms with Crippen molar-refractivity contribution in [2.24, 2.45) is 29.4 Å². The average molecular weight is 413 g/mol. The Morgan fingerprint density at radius 2 is 2.03 bits per heavy atom. The van der Waals surface area contributed by atoms with Gasteiger partial charge in [-0.3, -0.25) is 14.4 Å². The summed E-state index contributed by atoms with van der Waals surface area (Å²) in [6.07, 6.45) is 1.89. The van der Waals surface area contributed by atoms with Gasteiger partial charge in [0.1, 0.15) is 17.4 Å². The van der Waals surface area contributed by atoms with E-state index >= 15 is 0 Å². The van der Waals surface area contributed by atoms with E-state index in [9.17, 15) is 24.6 Å². The van der Waals surface area contributed by atoms with Crippen LogP contribution in [-0.2, 0) is 20.8 Å². The number of unbranched alkanes of at least 4 members (excludes halogenated alkanes) is 1. The Labute approximate surface area is 174 Å². The van der Waals surface area contributed by atoms with E-state index in [1.807, 2.05) is 12.1 Å². The molecule has 2 saturated carbocycles. The van der Waals surface area contributed by atoms with Crippen LogP contribution < -0.4 is 10.5 Å². The Kier molecular flexibility index (Phi) is 5.40. The summed E-state index contributed by atoms with van der Waals surface area (Å²) >= 11 is 0. The first-order valence-electron chi connectivity index (χ1n) is 10.6. The van der Waals surface area contributed by atoms with Crippen LogP contribution in [0.2, 0.25) is 0 Å². The van der Waals surface area contributed by atoms with Crippen molar-refractivity contribution in [2.75, 3.05) is 6.61 Å². The third-order valence-electron chi connectivity index (χ3n) is 6.69. The molecule has 4 N–H and O–H groups in total. The van der Waals surface area contributed by atoms with Gasteiger partial charge in [-0.05, 0) is 49.1 Å². The summed E-state index contributed by atoms with van der Waals surface area (Å²) in [7, 11) is 0. The second kappa shape index (κ2) is 7.87. The van der Waals surface area contributed by atoms with E-state index in [2.05, 4.69) is 6.92 Å². The van der Waals surface area contributed by atoms with Crippen LogP contribution in [-0.4, -0.2) is 40.4 Å². The average Bonchev–Trinajstić information content (AvgIpc) is 2.67. The first kappa shape index (κ1) is 20.6. The molecule has 5 atom stereocenters. The number of fused-ring (bicyclic) bond motifs is 3. The highest BCUT2D eigenvalue weighted by atomic mass is 16.5. The zero-order chi connectivity index (χ0) is 21.6. The molecule has 7 nitrogen and oxygen atoms in total. The minimum absolute atomic E-state index is 0.133. The van der Waals surface area contributed by atoms with Gasteiger partial charge in [0.2, 0.25) is 5.91 Å². The summed E-state index contributed by atoms with van der Waals surface area (Å²) in [4.78, 5) is 37.9. The van der Waals surface area contributed by atoms with Gasteiger partial charge in [0, 0.05) is 5.57 Å². The zero-order valence-electron chi connectivity index (χ0n) is 17.0. The molecule has 30 heavy (non-hydrogen) atoms. The van der Waals surface area contributed by atoms with E-state index < -0.39 is 35.4 Å². The topological polar surface area (TPSA) is 127 Å². The van der Waals surface area contributed by atoms with Crippen LogP contribution in [0.25, 0.3) is 5.76 Å². The molecule has 0 bridgehead atoms. The van der Waals surface area contributed by atoms with Gasteiger partial charge in [0.25, 0.3) is 0 Å². The molecule has 1 aromatic rings. The molecule has 2 fully saturated rings. The Morgan fingerprint density at radius 1 is 1.27 bits per heavy atom.